The summed E-state index contributed by atoms with van der Waals surface area (Å²) in [4.78, 5) is 0. The van der Waals surface area contributed by atoms with Crippen LogP contribution in [0.5, 0.6) is 5.75 Å². The van der Waals surface area contributed by atoms with Crippen molar-refractivity contribution in [3.63, 3.8) is 0 Å². The van der Waals surface area contributed by atoms with Crippen LogP contribution in [-0.2, 0) is 0 Å². The number of benzene rings is 2. The summed E-state index contributed by atoms with van der Waals surface area (Å²) in [6, 6.07) is 8.19. The minimum Gasteiger partial charge on any atom is -0.497 e. The molecule has 0 atom stereocenters. The van der Waals surface area contributed by atoms with Gasteiger partial charge in [-0.25, -0.2) is 8.78 Å². The lowest BCUT2D eigenvalue weighted by Gasteiger charge is -2.10. The Bertz CT molecular complexity index is 553. The van der Waals surface area contributed by atoms with Gasteiger partial charge >= 0.3 is 0 Å². The molecule has 0 radical (unpaired) electrons. The summed E-state index contributed by atoms with van der Waals surface area (Å²) in [5, 5.41) is 2.84. The normalized spacial score (nSPS) is 10.2. The molecule has 0 aliphatic heterocycles. The van der Waals surface area contributed by atoms with Crippen LogP contribution in [0.4, 0.5) is 25.8 Å². The maximum absolute atomic E-state index is 13.0. The van der Waals surface area contributed by atoms with Crippen molar-refractivity contribution in [1.29, 1.82) is 0 Å². The molecule has 0 fully saturated rings. The average molecular weight is 250 g/mol. The van der Waals surface area contributed by atoms with Crippen LogP contribution < -0.4 is 15.8 Å². The first-order valence-electron chi connectivity index (χ1n) is 5.25. The first kappa shape index (κ1) is 12.2. The molecule has 0 amide bonds. The van der Waals surface area contributed by atoms with Gasteiger partial charge in [-0.3, -0.25) is 0 Å². The summed E-state index contributed by atoms with van der Waals surface area (Å²) in [5.74, 6) is -0.683. The SMILES string of the molecule is COc1ccc(Nc2cc(F)cc(F)c2)c(N)c1. The van der Waals surface area contributed by atoms with Crippen molar-refractivity contribution < 1.29 is 13.5 Å². The molecule has 0 saturated heterocycles. The molecule has 0 bridgehead atoms. The van der Waals surface area contributed by atoms with Gasteiger partial charge in [0.2, 0.25) is 0 Å². The first-order chi connectivity index (χ1) is 8.58. The van der Waals surface area contributed by atoms with Crippen LogP contribution in [-0.4, -0.2) is 7.11 Å². The predicted molar refractivity (Wildman–Crippen MR) is 67.0 cm³/mol. The van der Waals surface area contributed by atoms with Gasteiger partial charge in [0.05, 0.1) is 18.5 Å². The van der Waals surface area contributed by atoms with Gasteiger partial charge in [-0.1, -0.05) is 0 Å². The molecule has 3 N–H and O–H groups in total. The van der Waals surface area contributed by atoms with E-state index in [-0.39, 0.29) is 0 Å². The highest BCUT2D eigenvalue weighted by atomic mass is 19.1. The van der Waals surface area contributed by atoms with E-state index in [0.717, 1.165) is 6.07 Å². The molecular weight excluding hydrogens is 238 g/mol. The molecule has 0 heterocycles. The van der Waals surface area contributed by atoms with Gasteiger partial charge in [-0.15, -0.1) is 0 Å². The van der Waals surface area contributed by atoms with Gasteiger partial charge < -0.3 is 15.8 Å². The number of nitrogen functional groups attached to an aromatic ring is 1. The average Bonchev–Trinajstić information content (AvgIpc) is 2.30. The second kappa shape index (κ2) is 4.91. The van der Waals surface area contributed by atoms with E-state index in [2.05, 4.69) is 5.32 Å². The summed E-state index contributed by atoms with van der Waals surface area (Å²) < 4.78 is 31.0. The Balaban J connectivity index is 2.28. The lowest BCUT2D eigenvalue weighted by atomic mass is 10.2. The number of hydrogen-bond acceptors (Lipinski definition) is 3. The van der Waals surface area contributed by atoms with Crippen LogP contribution in [0.1, 0.15) is 0 Å². The van der Waals surface area contributed by atoms with Gasteiger partial charge in [0.15, 0.2) is 0 Å². The topological polar surface area (TPSA) is 47.3 Å². The van der Waals surface area contributed by atoms with E-state index < -0.39 is 11.6 Å². The van der Waals surface area contributed by atoms with Crippen LogP contribution >= 0.6 is 0 Å². The molecule has 0 aromatic heterocycles. The number of anilines is 3. The molecule has 0 aliphatic carbocycles. The van der Waals surface area contributed by atoms with Gasteiger partial charge in [0.25, 0.3) is 0 Å². The maximum atomic E-state index is 13.0. The summed E-state index contributed by atoms with van der Waals surface area (Å²) in [5.41, 5.74) is 7.07. The second-order valence-electron chi connectivity index (χ2n) is 3.74. The number of rotatable bonds is 3. The zero-order valence-electron chi connectivity index (χ0n) is 9.71. The molecule has 3 nitrogen and oxygen atoms in total. The number of nitrogens with one attached hydrogen (secondary N) is 1. The molecule has 0 saturated carbocycles. The fourth-order valence-corrected chi connectivity index (χ4v) is 1.56. The molecule has 2 aromatic rings. The van der Waals surface area contributed by atoms with Crippen molar-refractivity contribution in [2.45, 2.75) is 0 Å². The van der Waals surface area contributed by atoms with Crippen LogP contribution in [0.25, 0.3) is 0 Å². The highest BCUT2D eigenvalue weighted by molar-refractivity contribution is 5.73. The third-order valence-electron chi connectivity index (χ3n) is 2.40. The van der Waals surface area contributed by atoms with Crippen molar-refractivity contribution in [3.05, 3.63) is 48.0 Å². The number of ether oxygens (including phenoxy) is 1. The number of methoxy groups -OCH3 is 1. The zero-order valence-corrected chi connectivity index (χ0v) is 9.71. The molecule has 5 heteroatoms. The molecule has 94 valence electrons. The van der Waals surface area contributed by atoms with Crippen molar-refractivity contribution >= 4 is 17.1 Å². The summed E-state index contributed by atoms with van der Waals surface area (Å²) in [6.07, 6.45) is 0. The molecular formula is C13H12F2N2O. The third kappa shape index (κ3) is 2.68. The van der Waals surface area contributed by atoms with E-state index in [9.17, 15) is 8.78 Å². The molecule has 2 aromatic carbocycles. The Morgan fingerprint density at radius 2 is 1.72 bits per heavy atom. The second-order valence-corrected chi connectivity index (χ2v) is 3.74. The Morgan fingerprint density at radius 1 is 1.06 bits per heavy atom. The van der Waals surface area contributed by atoms with E-state index in [4.69, 9.17) is 10.5 Å². The fraction of sp³-hybridized carbons (Fsp3) is 0.0769. The molecule has 0 unspecified atom stereocenters. The summed E-state index contributed by atoms with van der Waals surface area (Å²) in [7, 11) is 1.53. The number of hydrogen-bond donors (Lipinski definition) is 2. The quantitative estimate of drug-likeness (QED) is 0.822. The van der Waals surface area contributed by atoms with Crippen LogP contribution in [0.2, 0.25) is 0 Å². The van der Waals surface area contributed by atoms with Crippen molar-refractivity contribution in [3.8, 4) is 5.75 Å². The van der Waals surface area contributed by atoms with Crippen LogP contribution in [0.15, 0.2) is 36.4 Å². The highest BCUT2D eigenvalue weighted by Gasteiger charge is 2.04. The van der Waals surface area contributed by atoms with Crippen molar-refractivity contribution in [1.82, 2.24) is 0 Å². The zero-order chi connectivity index (χ0) is 13.1. The van der Waals surface area contributed by atoms with E-state index >= 15 is 0 Å². The Kier molecular flexibility index (Phi) is 3.32. The lowest BCUT2D eigenvalue weighted by molar-refractivity contribution is 0.415. The Labute approximate surface area is 103 Å². The standard InChI is InChI=1S/C13H12F2N2O/c1-18-11-2-3-13(12(16)7-11)17-10-5-8(14)4-9(15)6-10/h2-7,17H,16H2,1H3. The van der Waals surface area contributed by atoms with Crippen molar-refractivity contribution in [2.75, 3.05) is 18.2 Å². The summed E-state index contributed by atoms with van der Waals surface area (Å²) in [6.45, 7) is 0. The number of nitrogens with two attached hydrogens (primary N) is 1. The largest absolute Gasteiger partial charge is 0.497 e. The fourth-order valence-electron chi connectivity index (χ4n) is 1.56. The van der Waals surface area contributed by atoms with Gasteiger partial charge in [-0.05, 0) is 24.3 Å². The third-order valence-corrected chi connectivity index (χ3v) is 2.40. The van der Waals surface area contributed by atoms with E-state index in [1.54, 1.807) is 18.2 Å². The van der Waals surface area contributed by atoms with Crippen LogP contribution in [0.3, 0.4) is 0 Å². The highest BCUT2D eigenvalue weighted by Crippen LogP contribution is 2.27. The van der Waals surface area contributed by atoms with Gasteiger partial charge in [0.1, 0.15) is 17.4 Å². The van der Waals surface area contributed by atoms with E-state index in [1.807, 2.05) is 0 Å². The minimum atomic E-state index is -0.649. The monoisotopic (exact) mass is 250 g/mol. The molecule has 18 heavy (non-hydrogen) atoms. The Hall–Kier alpha value is -2.30. The summed E-state index contributed by atoms with van der Waals surface area (Å²) >= 11 is 0. The smallest absolute Gasteiger partial charge is 0.128 e. The molecule has 2 rings (SSSR count). The first-order valence-corrected chi connectivity index (χ1v) is 5.25. The molecule has 0 aliphatic rings. The maximum Gasteiger partial charge on any atom is 0.128 e. The van der Waals surface area contributed by atoms with Gasteiger partial charge in [-0.2, -0.15) is 0 Å². The van der Waals surface area contributed by atoms with Crippen molar-refractivity contribution in [2.24, 2.45) is 0 Å². The predicted octanol–water partition coefficient (Wildman–Crippen LogP) is 3.30. The van der Waals surface area contributed by atoms with E-state index in [0.29, 0.717) is 22.8 Å². The lowest BCUT2D eigenvalue weighted by Crippen LogP contribution is -1.98. The Morgan fingerprint density at radius 3 is 2.28 bits per heavy atom. The minimum absolute atomic E-state index is 0.296. The number of halogens is 2. The van der Waals surface area contributed by atoms with Gasteiger partial charge in [0, 0.05) is 17.8 Å². The van der Waals surface area contributed by atoms with Crippen LogP contribution in [0, 0.1) is 11.6 Å². The van der Waals surface area contributed by atoms with E-state index in [1.165, 1.54) is 19.2 Å². The molecule has 0 spiro atoms.